The van der Waals surface area contributed by atoms with Gasteiger partial charge in [0, 0.05) is 11.2 Å². The molecule has 7 heteroatoms. The maximum atomic E-state index is 8.43. The average molecular weight is 234 g/mol. The van der Waals surface area contributed by atoms with Crippen LogP contribution in [0.1, 0.15) is 5.69 Å². The van der Waals surface area contributed by atoms with Gasteiger partial charge in [0.05, 0.1) is 13.2 Å². The van der Waals surface area contributed by atoms with Crippen molar-refractivity contribution in [3.8, 4) is 0 Å². The third kappa shape index (κ3) is 2.23. The number of pyridine rings is 1. The molecule has 5 N–H and O–H groups in total. The minimum atomic E-state index is -0.104. The third-order valence-electron chi connectivity index (χ3n) is 2.38. The second kappa shape index (κ2) is 4.62. The quantitative estimate of drug-likeness (QED) is 0.200. The number of nitrogens with one attached hydrogen (secondary N) is 2. The van der Waals surface area contributed by atoms with E-state index >= 15 is 0 Å². The number of hydrogen-bond acceptors (Lipinski definition) is 2. The first-order valence-corrected chi connectivity index (χ1v) is 5.00. The lowest BCUT2D eigenvalue weighted by Gasteiger charge is -1.87. The highest BCUT2D eigenvalue weighted by Gasteiger charge is 2.13. The highest BCUT2D eigenvalue weighted by molar-refractivity contribution is 5.76. The predicted molar refractivity (Wildman–Crippen MR) is 61.2 cm³/mol. The number of hydrazone groups is 1. The summed E-state index contributed by atoms with van der Waals surface area (Å²) in [5.41, 5.74) is 8.95. The number of aromatic nitrogens is 2. The summed E-state index contributed by atoms with van der Waals surface area (Å²) in [6.45, 7) is 0. The molecule has 2 heterocycles. The Morgan fingerprint density at radius 3 is 3.18 bits per heavy atom. The lowest BCUT2D eigenvalue weighted by molar-refractivity contribution is -0.510. The number of guanidine groups is 1. The van der Waals surface area contributed by atoms with Crippen molar-refractivity contribution in [1.29, 1.82) is 0 Å². The number of fused-ring (bicyclic) bond motifs is 1. The summed E-state index contributed by atoms with van der Waals surface area (Å²) in [5.74, 6) is -0.104. The Hall–Kier alpha value is -2.41. The molecule has 7 nitrogen and oxygen atoms in total. The van der Waals surface area contributed by atoms with E-state index in [1.54, 1.807) is 11.7 Å². The molecule has 0 radical (unpaired) electrons. The maximum absolute atomic E-state index is 8.43. The van der Waals surface area contributed by atoms with Gasteiger partial charge in [0.25, 0.3) is 11.6 Å². The molecule has 0 aliphatic carbocycles. The van der Waals surface area contributed by atoms with Crippen molar-refractivity contribution in [1.82, 2.24) is 10.0 Å². The van der Waals surface area contributed by atoms with Crippen molar-refractivity contribution in [3.63, 3.8) is 0 Å². The molecule has 2 rings (SSSR count). The van der Waals surface area contributed by atoms with Crippen molar-refractivity contribution in [2.45, 2.75) is 0 Å². The smallest absolute Gasteiger partial charge is 0.286 e. The number of nitrogens with zero attached hydrogens (tertiary/aromatic N) is 3. The van der Waals surface area contributed by atoms with Gasteiger partial charge in [-0.1, -0.05) is 11.2 Å². The number of rotatable bonds is 2. The first kappa shape index (κ1) is 11.1. The van der Waals surface area contributed by atoms with Crippen LogP contribution in [0.4, 0.5) is 0 Å². The van der Waals surface area contributed by atoms with Gasteiger partial charge in [0.2, 0.25) is 11.9 Å². The summed E-state index contributed by atoms with van der Waals surface area (Å²) in [5, 5.41) is 14.7. The Bertz CT molecular complexity index is 585. The molecule has 0 atom stereocenters. The number of nitrogens with two attached hydrogens (primary N) is 1. The Balaban J connectivity index is 2.34. The van der Waals surface area contributed by atoms with E-state index < -0.39 is 0 Å². The largest absolute Gasteiger partial charge is 0.363 e. The van der Waals surface area contributed by atoms with Crippen LogP contribution < -0.4 is 20.7 Å². The van der Waals surface area contributed by atoms with E-state index in [4.69, 9.17) is 10.9 Å². The fourth-order valence-corrected chi connectivity index (χ4v) is 1.53. The van der Waals surface area contributed by atoms with Crippen LogP contribution in [0.25, 0.3) is 5.65 Å². The number of aryl methyl sites for hydroxylation is 1. The molecular formula is C10H14N6O+2. The van der Waals surface area contributed by atoms with Gasteiger partial charge in [-0.2, -0.15) is 0 Å². The fraction of sp³-hybridized carbons (Fsp3) is 0.100. The molecule has 88 valence electrons. The Kier molecular flexibility index (Phi) is 3.01. The summed E-state index contributed by atoms with van der Waals surface area (Å²) in [4.78, 5) is 0. The second-order valence-electron chi connectivity index (χ2n) is 3.46. The van der Waals surface area contributed by atoms with Gasteiger partial charge < -0.3 is 5.73 Å². The topological polar surface area (TPSA) is 93.6 Å². The summed E-state index contributed by atoms with van der Waals surface area (Å²) < 4.78 is 3.98. The van der Waals surface area contributed by atoms with E-state index in [0.717, 1.165) is 11.3 Å². The van der Waals surface area contributed by atoms with Crippen LogP contribution in [0, 0.1) is 0 Å². The van der Waals surface area contributed by atoms with E-state index in [2.05, 4.69) is 10.2 Å². The van der Waals surface area contributed by atoms with Crippen LogP contribution in [0.3, 0.4) is 0 Å². The monoisotopic (exact) mass is 234 g/mol. The molecule has 0 aromatic carbocycles. The Labute approximate surface area is 97.5 Å². The second-order valence-corrected chi connectivity index (χ2v) is 3.46. The van der Waals surface area contributed by atoms with E-state index in [0.29, 0.717) is 0 Å². The fourth-order valence-electron chi connectivity index (χ4n) is 1.53. The van der Waals surface area contributed by atoms with Crippen LogP contribution in [0.15, 0.2) is 35.7 Å². The van der Waals surface area contributed by atoms with Crippen molar-refractivity contribution in [2.75, 3.05) is 0 Å². The van der Waals surface area contributed by atoms with Gasteiger partial charge in [-0.3, -0.25) is 5.21 Å². The van der Waals surface area contributed by atoms with E-state index in [-0.39, 0.29) is 5.96 Å². The Morgan fingerprint density at radius 2 is 2.47 bits per heavy atom. The van der Waals surface area contributed by atoms with Gasteiger partial charge in [0.15, 0.2) is 0 Å². The number of hydroxylamine groups is 1. The van der Waals surface area contributed by atoms with Gasteiger partial charge in [0.1, 0.15) is 6.20 Å². The van der Waals surface area contributed by atoms with Crippen LogP contribution in [-0.4, -0.2) is 21.9 Å². The maximum Gasteiger partial charge on any atom is 0.286 e. The first-order chi connectivity index (χ1) is 8.22. The lowest BCUT2D eigenvalue weighted by atomic mass is 10.5. The molecule has 0 aliphatic rings. The van der Waals surface area contributed by atoms with Crippen LogP contribution in [0.2, 0.25) is 0 Å². The molecule has 2 aromatic heterocycles. The van der Waals surface area contributed by atoms with Crippen molar-refractivity contribution >= 4 is 17.8 Å². The summed E-state index contributed by atoms with van der Waals surface area (Å²) in [6.07, 6.45) is 5.58. The highest BCUT2D eigenvalue weighted by Crippen LogP contribution is 1.98. The first-order valence-electron chi connectivity index (χ1n) is 5.00. The summed E-state index contributed by atoms with van der Waals surface area (Å²) in [6, 6.07) is 5.93. The molecule has 0 amide bonds. The molecule has 0 unspecified atom stereocenters. The molecule has 0 saturated carbocycles. The molecular weight excluding hydrogens is 220 g/mol. The van der Waals surface area contributed by atoms with E-state index in [9.17, 15) is 0 Å². The van der Waals surface area contributed by atoms with Crippen LogP contribution in [0.5, 0.6) is 0 Å². The molecule has 0 fully saturated rings. The minimum Gasteiger partial charge on any atom is -0.363 e. The van der Waals surface area contributed by atoms with Crippen LogP contribution >= 0.6 is 0 Å². The SMILES string of the molecule is Cn1c(/C=[NH+]\N=C(N)NO)c[n+]2ccccc12. The third-order valence-corrected chi connectivity index (χ3v) is 2.38. The van der Waals surface area contributed by atoms with Gasteiger partial charge in [-0.25, -0.2) is 14.4 Å². The predicted octanol–water partition coefficient (Wildman–Crippen LogP) is -2.53. The lowest BCUT2D eigenvalue weighted by Crippen LogP contribution is -2.64. The minimum absolute atomic E-state index is 0.104. The standard InChI is InChI=1S/C10H13N6O/c1-15-8(6-12-13-10(11)14-17)7-16-5-3-2-4-9(15)16/h2-7,17H,1H3,(H3,11,13,14)/q+1/p+1/b12-6-. The van der Waals surface area contributed by atoms with Crippen molar-refractivity contribution in [3.05, 3.63) is 36.3 Å². The average Bonchev–Trinajstić information content (AvgIpc) is 2.67. The van der Waals surface area contributed by atoms with Gasteiger partial charge in [-0.15, -0.1) is 0 Å². The van der Waals surface area contributed by atoms with E-state index in [1.807, 2.05) is 46.6 Å². The normalized spacial score (nSPS) is 12.5. The van der Waals surface area contributed by atoms with Crippen LogP contribution in [-0.2, 0) is 7.05 Å². The summed E-state index contributed by atoms with van der Waals surface area (Å²) in [7, 11) is 1.94. The Morgan fingerprint density at radius 1 is 1.65 bits per heavy atom. The summed E-state index contributed by atoms with van der Waals surface area (Å²) >= 11 is 0. The molecule has 0 saturated heterocycles. The van der Waals surface area contributed by atoms with Gasteiger partial charge >= 0.3 is 0 Å². The molecule has 0 bridgehead atoms. The molecule has 17 heavy (non-hydrogen) atoms. The number of imidazole rings is 1. The zero-order chi connectivity index (χ0) is 12.3. The van der Waals surface area contributed by atoms with Crippen molar-refractivity contribution < 1.29 is 14.7 Å². The zero-order valence-electron chi connectivity index (χ0n) is 9.33. The van der Waals surface area contributed by atoms with Crippen molar-refractivity contribution in [2.24, 2.45) is 17.9 Å². The molecule has 2 aromatic rings. The highest BCUT2D eigenvalue weighted by atomic mass is 16.5. The zero-order valence-corrected chi connectivity index (χ0v) is 9.33. The van der Waals surface area contributed by atoms with Gasteiger partial charge in [-0.05, 0) is 6.07 Å². The van der Waals surface area contributed by atoms with E-state index in [1.165, 1.54) is 0 Å². The molecule has 0 aliphatic heterocycles. The number of hydrogen-bond donors (Lipinski definition) is 4. The molecule has 0 spiro atoms.